The fraction of sp³-hybridized carbons (Fsp3) is 0.200. The molecule has 0 bridgehead atoms. The average molecular weight is 441 g/mol. The molecule has 0 saturated carbocycles. The van der Waals surface area contributed by atoms with Gasteiger partial charge in [0.05, 0.1) is 18.1 Å². The molecule has 166 valence electrons. The molecule has 0 spiro atoms. The van der Waals surface area contributed by atoms with Crippen LogP contribution < -0.4 is 10.1 Å². The highest BCUT2D eigenvalue weighted by Gasteiger charge is 2.16. The van der Waals surface area contributed by atoms with E-state index in [1.165, 1.54) is 5.39 Å². The summed E-state index contributed by atoms with van der Waals surface area (Å²) in [5.74, 6) is 0.721. The Labute approximate surface area is 190 Å². The molecule has 1 amide bonds. The number of carbonyl (C=O) groups excluding carboxylic acids is 1. The summed E-state index contributed by atoms with van der Waals surface area (Å²) >= 11 is 0. The van der Waals surface area contributed by atoms with Crippen LogP contribution in [0.4, 0.5) is 5.82 Å². The molecule has 1 N–H and O–H groups in total. The maximum absolute atomic E-state index is 12.7. The van der Waals surface area contributed by atoms with E-state index < -0.39 is 0 Å². The summed E-state index contributed by atoms with van der Waals surface area (Å²) in [6.45, 7) is 4.30. The number of anilines is 1. The number of ether oxygens (including phenoxy) is 1. The van der Waals surface area contributed by atoms with E-state index in [1.807, 2.05) is 45.2 Å². The van der Waals surface area contributed by atoms with Crippen molar-refractivity contribution in [3.05, 3.63) is 77.6 Å². The van der Waals surface area contributed by atoms with Crippen molar-refractivity contribution in [1.82, 2.24) is 24.5 Å². The maximum atomic E-state index is 12.7. The predicted octanol–water partition coefficient (Wildman–Crippen LogP) is 4.00. The zero-order chi connectivity index (χ0) is 22.9. The quantitative estimate of drug-likeness (QED) is 0.431. The summed E-state index contributed by atoms with van der Waals surface area (Å²) in [4.78, 5) is 17.2. The molecule has 0 aliphatic carbocycles. The number of carbonyl (C=O) groups is 1. The normalized spacial score (nSPS) is 11.2. The number of amides is 1. The van der Waals surface area contributed by atoms with Gasteiger partial charge in [0.2, 0.25) is 5.88 Å². The Kier molecular flexibility index (Phi) is 5.26. The molecular weight excluding hydrogens is 416 g/mol. The van der Waals surface area contributed by atoms with Crippen molar-refractivity contribution >= 4 is 33.5 Å². The number of rotatable bonds is 6. The molecule has 2 aromatic carbocycles. The average Bonchev–Trinajstić information content (AvgIpc) is 3.36. The lowest BCUT2D eigenvalue weighted by Crippen LogP contribution is -2.22. The van der Waals surface area contributed by atoms with Crippen LogP contribution in [0.1, 0.15) is 16.8 Å². The number of aryl methyl sites for hydroxylation is 3. The molecule has 5 rings (SSSR count). The Morgan fingerprint density at radius 3 is 2.79 bits per heavy atom. The topological polar surface area (TPSA) is 86.9 Å². The third-order valence-electron chi connectivity index (χ3n) is 5.61. The van der Waals surface area contributed by atoms with E-state index in [4.69, 9.17) is 4.74 Å². The van der Waals surface area contributed by atoms with Crippen LogP contribution in [-0.2, 0) is 18.4 Å². The molecule has 0 radical (unpaired) electrons. The first kappa shape index (κ1) is 20.7. The van der Waals surface area contributed by atoms with Crippen LogP contribution in [0.3, 0.4) is 0 Å². The number of hydrogen-bond donors (Lipinski definition) is 1. The minimum absolute atomic E-state index is 0.168. The van der Waals surface area contributed by atoms with Crippen molar-refractivity contribution < 1.29 is 9.53 Å². The molecule has 0 atom stereocenters. The zero-order valence-electron chi connectivity index (χ0n) is 18.7. The van der Waals surface area contributed by atoms with Gasteiger partial charge in [-0.05, 0) is 41.8 Å². The number of aromatic nitrogens is 5. The lowest BCUT2D eigenvalue weighted by atomic mass is 10.0. The molecule has 3 heterocycles. The third-order valence-corrected chi connectivity index (χ3v) is 5.61. The summed E-state index contributed by atoms with van der Waals surface area (Å²) in [7, 11) is 1.81. The van der Waals surface area contributed by atoms with E-state index in [9.17, 15) is 4.79 Å². The molecule has 0 aliphatic heterocycles. The lowest BCUT2D eigenvalue weighted by Gasteiger charge is -2.11. The Hall–Kier alpha value is -4.20. The Morgan fingerprint density at radius 2 is 1.91 bits per heavy atom. The van der Waals surface area contributed by atoms with Crippen LogP contribution in [0.5, 0.6) is 5.88 Å². The van der Waals surface area contributed by atoms with Gasteiger partial charge in [-0.15, -0.1) is 5.10 Å². The number of benzene rings is 2. The van der Waals surface area contributed by atoms with Crippen molar-refractivity contribution in [2.24, 2.45) is 7.05 Å². The van der Waals surface area contributed by atoms with E-state index in [0.29, 0.717) is 18.2 Å². The van der Waals surface area contributed by atoms with Gasteiger partial charge in [-0.1, -0.05) is 42.5 Å². The van der Waals surface area contributed by atoms with Gasteiger partial charge in [0.15, 0.2) is 12.3 Å². The molecule has 0 aliphatic rings. The first-order valence-corrected chi connectivity index (χ1v) is 10.7. The van der Waals surface area contributed by atoms with Gasteiger partial charge >= 0.3 is 0 Å². The zero-order valence-corrected chi connectivity index (χ0v) is 18.7. The van der Waals surface area contributed by atoms with E-state index in [-0.39, 0.29) is 12.5 Å². The van der Waals surface area contributed by atoms with Crippen LogP contribution >= 0.6 is 0 Å². The highest BCUT2D eigenvalue weighted by Crippen LogP contribution is 2.27. The van der Waals surface area contributed by atoms with Crippen LogP contribution in [0.25, 0.3) is 21.8 Å². The Bertz CT molecular complexity index is 1480. The minimum Gasteiger partial charge on any atom is -0.466 e. The SMILES string of the molecule is Cc1cc(C)c2c(OCC(=O)Nc3ccnn3Cc3cccc4ccccc34)nn(C)c2n1. The van der Waals surface area contributed by atoms with Gasteiger partial charge in [0.25, 0.3) is 5.91 Å². The van der Waals surface area contributed by atoms with Crippen molar-refractivity contribution in [3.63, 3.8) is 0 Å². The van der Waals surface area contributed by atoms with Gasteiger partial charge in [-0.2, -0.15) is 5.10 Å². The highest BCUT2D eigenvalue weighted by molar-refractivity contribution is 5.92. The molecule has 33 heavy (non-hydrogen) atoms. The van der Waals surface area contributed by atoms with Gasteiger partial charge in [0.1, 0.15) is 5.82 Å². The van der Waals surface area contributed by atoms with Crippen LogP contribution in [-0.4, -0.2) is 37.1 Å². The lowest BCUT2D eigenvalue weighted by molar-refractivity contribution is -0.118. The number of fused-ring (bicyclic) bond motifs is 2. The van der Waals surface area contributed by atoms with Crippen molar-refractivity contribution in [1.29, 1.82) is 0 Å². The molecule has 5 aromatic rings. The fourth-order valence-corrected chi connectivity index (χ4v) is 4.12. The second-order valence-electron chi connectivity index (χ2n) is 8.06. The maximum Gasteiger partial charge on any atom is 0.263 e. The second kappa shape index (κ2) is 8.38. The van der Waals surface area contributed by atoms with E-state index >= 15 is 0 Å². The van der Waals surface area contributed by atoms with Gasteiger partial charge < -0.3 is 10.1 Å². The fourth-order valence-electron chi connectivity index (χ4n) is 4.12. The molecule has 0 unspecified atom stereocenters. The van der Waals surface area contributed by atoms with E-state index in [1.54, 1.807) is 21.6 Å². The van der Waals surface area contributed by atoms with Crippen LogP contribution in [0.2, 0.25) is 0 Å². The van der Waals surface area contributed by atoms with Crippen molar-refractivity contribution in [3.8, 4) is 5.88 Å². The van der Waals surface area contributed by atoms with Crippen molar-refractivity contribution in [2.45, 2.75) is 20.4 Å². The summed E-state index contributed by atoms with van der Waals surface area (Å²) < 4.78 is 9.21. The summed E-state index contributed by atoms with van der Waals surface area (Å²) in [6, 6.07) is 18.2. The number of nitrogens with zero attached hydrogens (tertiary/aromatic N) is 5. The first-order valence-electron chi connectivity index (χ1n) is 10.7. The Balaban J connectivity index is 1.30. The number of pyridine rings is 1. The molecule has 0 saturated heterocycles. The van der Waals surface area contributed by atoms with E-state index in [0.717, 1.165) is 33.2 Å². The van der Waals surface area contributed by atoms with Crippen LogP contribution in [0.15, 0.2) is 60.8 Å². The summed E-state index contributed by atoms with van der Waals surface area (Å²) in [6.07, 6.45) is 1.67. The molecule has 8 nitrogen and oxygen atoms in total. The van der Waals surface area contributed by atoms with Gasteiger partial charge in [-0.25, -0.2) is 14.3 Å². The first-order chi connectivity index (χ1) is 16.0. The minimum atomic E-state index is -0.286. The molecular formula is C25H24N6O2. The largest absolute Gasteiger partial charge is 0.466 e. The monoisotopic (exact) mass is 440 g/mol. The van der Waals surface area contributed by atoms with Gasteiger partial charge in [0, 0.05) is 18.8 Å². The van der Waals surface area contributed by atoms with E-state index in [2.05, 4.69) is 44.8 Å². The van der Waals surface area contributed by atoms with Crippen LogP contribution in [0, 0.1) is 13.8 Å². The standard InChI is InChI=1S/C25H24N6O2/c1-16-13-17(2)27-24-23(16)25(29-30(24)3)33-15-22(32)28-21-11-12-26-31(21)14-19-9-6-8-18-7-4-5-10-20(18)19/h4-13H,14-15H2,1-3H3,(H,28,32). The second-order valence-corrected chi connectivity index (χ2v) is 8.06. The smallest absolute Gasteiger partial charge is 0.263 e. The predicted molar refractivity (Wildman–Crippen MR) is 127 cm³/mol. The van der Waals surface area contributed by atoms with Gasteiger partial charge in [-0.3, -0.25) is 4.79 Å². The van der Waals surface area contributed by atoms with Crippen molar-refractivity contribution in [2.75, 3.05) is 11.9 Å². The number of hydrogen-bond acceptors (Lipinski definition) is 5. The molecule has 0 fully saturated rings. The molecule has 3 aromatic heterocycles. The number of nitrogens with one attached hydrogen (secondary N) is 1. The summed E-state index contributed by atoms with van der Waals surface area (Å²) in [5.41, 5.74) is 3.78. The molecule has 8 heteroatoms. The summed E-state index contributed by atoms with van der Waals surface area (Å²) in [5, 5.41) is 14.8. The highest BCUT2D eigenvalue weighted by atomic mass is 16.5. The Morgan fingerprint density at radius 1 is 1.09 bits per heavy atom. The third kappa shape index (κ3) is 4.03.